The van der Waals surface area contributed by atoms with E-state index in [1.54, 1.807) is 19.4 Å². The Hall–Kier alpha value is -1.13. The van der Waals surface area contributed by atoms with Gasteiger partial charge in [-0.2, -0.15) is 0 Å². The summed E-state index contributed by atoms with van der Waals surface area (Å²) in [6, 6.07) is 7.49. The molecule has 16 heavy (non-hydrogen) atoms. The van der Waals surface area contributed by atoms with Crippen molar-refractivity contribution in [2.45, 2.75) is 0 Å². The Morgan fingerprint density at radius 1 is 1.31 bits per heavy atom. The smallest absolute Gasteiger partial charge is 0.222 e. The van der Waals surface area contributed by atoms with Crippen LogP contribution >= 0.6 is 27.5 Å². The lowest BCUT2D eigenvalue weighted by atomic mass is 10.1. The van der Waals surface area contributed by atoms with Gasteiger partial charge in [-0.25, -0.2) is 9.97 Å². The summed E-state index contributed by atoms with van der Waals surface area (Å²) in [5.41, 5.74) is 1.61. The largest absolute Gasteiger partial charge is 0.496 e. The van der Waals surface area contributed by atoms with Crippen molar-refractivity contribution in [1.29, 1.82) is 0 Å². The van der Waals surface area contributed by atoms with Crippen LogP contribution in [0.15, 0.2) is 34.9 Å². The van der Waals surface area contributed by atoms with Crippen LogP contribution in [-0.2, 0) is 0 Å². The summed E-state index contributed by atoms with van der Waals surface area (Å²) in [4.78, 5) is 7.99. The minimum Gasteiger partial charge on any atom is -0.496 e. The summed E-state index contributed by atoms with van der Waals surface area (Å²) >= 11 is 9.16. The van der Waals surface area contributed by atoms with Gasteiger partial charge in [-0.15, -0.1) is 0 Å². The van der Waals surface area contributed by atoms with Crippen LogP contribution < -0.4 is 4.74 Å². The first-order chi connectivity index (χ1) is 7.70. The number of hydrogen-bond donors (Lipinski definition) is 0. The fourth-order valence-corrected chi connectivity index (χ4v) is 1.87. The lowest BCUT2D eigenvalue weighted by molar-refractivity contribution is 0.416. The zero-order valence-corrected chi connectivity index (χ0v) is 10.8. The van der Waals surface area contributed by atoms with E-state index in [1.165, 1.54) is 0 Å². The van der Waals surface area contributed by atoms with Crippen LogP contribution in [0, 0.1) is 0 Å². The Bertz CT molecular complexity index is 519. The molecule has 82 valence electrons. The zero-order valence-electron chi connectivity index (χ0n) is 8.45. The second-order valence-corrected chi connectivity index (χ2v) is 4.31. The molecular formula is C11H8BrClN2O. The quantitative estimate of drug-likeness (QED) is 0.795. The molecule has 0 aliphatic rings. The monoisotopic (exact) mass is 298 g/mol. The summed E-state index contributed by atoms with van der Waals surface area (Å²) in [6.07, 6.45) is 1.62. The van der Waals surface area contributed by atoms with Crippen LogP contribution in [0.3, 0.4) is 0 Å². The standard InChI is InChI=1S/C11H8BrClN2O/c1-16-10-3-2-7(12)6-8(10)9-4-5-14-11(13)15-9/h2-6H,1H3. The highest BCUT2D eigenvalue weighted by atomic mass is 79.9. The lowest BCUT2D eigenvalue weighted by Crippen LogP contribution is -1.91. The van der Waals surface area contributed by atoms with Crippen molar-refractivity contribution in [2.75, 3.05) is 7.11 Å². The third kappa shape index (κ3) is 2.33. The van der Waals surface area contributed by atoms with Crippen molar-refractivity contribution in [3.63, 3.8) is 0 Å². The van der Waals surface area contributed by atoms with E-state index in [4.69, 9.17) is 16.3 Å². The number of aromatic nitrogens is 2. The summed E-state index contributed by atoms with van der Waals surface area (Å²) in [5, 5.41) is 0.222. The van der Waals surface area contributed by atoms with Crippen LogP contribution in [0.25, 0.3) is 11.3 Å². The number of benzene rings is 1. The van der Waals surface area contributed by atoms with Crippen molar-refractivity contribution >= 4 is 27.5 Å². The lowest BCUT2D eigenvalue weighted by Gasteiger charge is -2.08. The van der Waals surface area contributed by atoms with Gasteiger partial charge in [0.15, 0.2) is 0 Å². The second-order valence-electron chi connectivity index (χ2n) is 3.06. The predicted molar refractivity (Wildman–Crippen MR) is 66.7 cm³/mol. The first-order valence-electron chi connectivity index (χ1n) is 4.53. The molecule has 0 amide bonds. The van der Waals surface area contributed by atoms with E-state index in [9.17, 15) is 0 Å². The van der Waals surface area contributed by atoms with Crippen LogP contribution in [0.1, 0.15) is 0 Å². The van der Waals surface area contributed by atoms with Crippen LogP contribution in [0.2, 0.25) is 5.28 Å². The van der Waals surface area contributed by atoms with E-state index in [-0.39, 0.29) is 5.28 Å². The highest BCUT2D eigenvalue weighted by Gasteiger charge is 2.08. The molecule has 2 aromatic rings. The Morgan fingerprint density at radius 2 is 2.12 bits per heavy atom. The number of nitrogens with zero attached hydrogens (tertiary/aromatic N) is 2. The van der Waals surface area contributed by atoms with Crippen LogP contribution in [-0.4, -0.2) is 17.1 Å². The molecule has 1 aromatic heterocycles. The molecule has 0 radical (unpaired) electrons. The molecule has 0 atom stereocenters. The minimum absolute atomic E-state index is 0.222. The molecule has 0 saturated carbocycles. The molecule has 1 heterocycles. The van der Waals surface area contributed by atoms with Crippen molar-refractivity contribution in [2.24, 2.45) is 0 Å². The summed E-state index contributed by atoms with van der Waals surface area (Å²) in [7, 11) is 1.62. The topological polar surface area (TPSA) is 35.0 Å². The molecule has 0 spiro atoms. The first kappa shape index (κ1) is 11.4. The summed E-state index contributed by atoms with van der Waals surface area (Å²) in [5.74, 6) is 0.748. The molecule has 0 N–H and O–H groups in total. The van der Waals surface area contributed by atoms with E-state index < -0.39 is 0 Å². The maximum atomic E-state index is 5.76. The zero-order chi connectivity index (χ0) is 11.5. The van der Waals surface area contributed by atoms with Gasteiger partial charge in [0.2, 0.25) is 5.28 Å². The van der Waals surface area contributed by atoms with Gasteiger partial charge in [-0.1, -0.05) is 15.9 Å². The SMILES string of the molecule is COc1ccc(Br)cc1-c1ccnc(Cl)n1. The third-order valence-corrected chi connectivity index (χ3v) is 2.74. The molecule has 0 aliphatic carbocycles. The average molecular weight is 300 g/mol. The highest BCUT2D eigenvalue weighted by Crippen LogP contribution is 2.31. The van der Waals surface area contributed by atoms with Gasteiger partial charge in [0.1, 0.15) is 5.75 Å². The number of hydrogen-bond acceptors (Lipinski definition) is 3. The normalized spacial score (nSPS) is 10.2. The van der Waals surface area contributed by atoms with Gasteiger partial charge < -0.3 is 4.74 Å². The van der Waals surface area contributed by atoms with Crippen molar-refractivity contribution in [1.82, 2.24) is 9.97 Å². The summed E-state index contributed by atoms with van der Waals surface area (Å²) in [6.45, 7) is 0. The Labute approximate surface area is 107 Å². The fourth-order valence-electron chi connectivity index (χ4n) is 1.37. The second kappa shape index (κ2) is 4.80. The van der Waals surface area contributed by atoms with E-state index in [0.717, 1.165) is 21.5 Å². The van der Waals surface area contributed by atoms with Crippen molar-refractivity contribution < 1.29 is 4.74 Å². The van der Waals surface area contributed by atoms with Gasteiger partial charge >= 0.3 is 0 Å². The van der Waals surface area contributed by atoms with E-state index in [0.29, 0.717) is 0 Å². The minimum atomic E-state index is 0.222. The average Bonchev–Trinajstić information content (AvgIpc) is 2.29. The molecule has 0 unspecified atom stereocenters. The van der Waals surface area contributed by atoms with Gasteiger partial charge in [0, 0.05) is 16.2 Å². The Balaban J connectivity index is 2.58. The molecule has 0 saturated heterocycles. The Kier molecular flexibility index (Phi) is 3.41. The molecule has 0 fully saturated rings. The number of methoxy groups -OCH3 is 1. The van der Waals surface area contributed by atoms with Crippen LogP contribution in [0.4, 0.5) is 0 Å². The molecule has 3 nitrogen and oxygen atoms in total. The first-order valence-corrected chi connectivity index (χ1v) is 5.70. The molecular weight excluding hydrogens is 291 g/mol. The van der Waals surface area contributed by atoms with Gasteiger partial charge in [0.25, 0.3) is 0 Å². The van der Waals surface area contributed by atoms with Gasteiger partial charge in [0.05, 0.1) is 12.8 Å². The third-order valence-electron chi connectivity index (χ3n) is 2.06. The molecule has 5 heteroatoms. The molecule has 0 bridgehead atoms. The van der Waals surface area contributed by atoms with Crippen molar-refractivity contribution in [3.05, 3.63) is 40.2 Å². The van der Waals surface area contributed by atoms with Gasteiger partial charge in [-0.3, -0.25) is 0 Å². The Morgan fingerprint density at radius 3 is 2.81 bits per heavy atom. The number of ether oxygens (including phenoxy) is 1. The predicted octanol–water partition coefficient (Wildman–Crippen LogP) is 3.57. The van der Waals surface area contributed by atoms with Crippen molar-refractivity contribution in [3.8, 4) is 17.0 Å². The van der Waals surface area contributed by atoms with E-state index >= 15 is 0 Å². The maximum absolute atomic E-state index is 5.76. The molecule has 1 aromatic carbocycles. The fraction of sp³-hybridized carbons (Fsp3) is 0.0909. The van der Waals surface area contributed by atoms with E-state index in [1.807, 2.05) is 18.2 Å². The maximum Gasteiger partial charge on any atom is 0.222 e. The molecule has 2 rings (SSSR count). The number of rotatable bonds is 2. The van der Waals surface area contributed by atoms with Gasteiger partial charge in [-0.05, 0) is 35.9 Å². The van der Waals surface area contributed by atoms with E-state index in [2.05, 4.69) is 25.9 Å². The molecule has 0 aliphatic heterocycles. The summed E-state index contributed by atoms with van der Waals surface area (Å²) < 4.78 is 6.23. The van der Waals surface area contributed by atoms with Crippen LogP contribution in [0.5, 0.6) is 5.75 Å². The highest BCUT2D eigenvalue weighted by molar-refractivity contribution is 9.10. The number of halogens is 2.